The van der Waals surface area contributed by atoms with Gasteiger partial charge in [-0.15, -0.1) is 0 Å². The van der Waals surface area contributed by atoms with Crippen LogP contribution in [-0.2, 0) is 19.5 Å². The molecule has 250 valence electrons. The van der Waals surface area contributed by atoms with Crippen LogP contribution in [0.25, 0.3) is 33.1 Å². The van der Waals surface area contributed by atoms with Gasteiger partial charge in [-0.2, -0.15) is 0 Å². The molecular formula is C39H42N8O2. The quantitative estimate of drug-likeness (QED) is 0.140. The van der Waals surface area contributed by atoms with E-state index in [0.29, 0.717) is 26.1 Å². The molecule has 4 N–H and O–H groups in total. The van der Waals surface area contributed by atoms with E-state index in [9.17, 15) is 10.2 Å². The number of benzene rings is 2. The fraction of sp³-hybridized carbons (Fsp3) is 0.308. The summed E-state index contributed by atoms with van der Waals surface area (Å²) in [6.45, 7) is 9.59. The minimum Gasteiger partial charge on any atom is -0.392 e. The van der Waals surface area contributed by atoms with Crippen LogP contribution < -0.4 is 10.6 Å². The maximum atomic E-state index is 9.92. The van der Waals surface area contributed by atoms with Crippen molar-refractivity contribution in [1.82, 2.24) is 35.1 Å². The predicted octanol–water partition coefficient (Wildman–Crippen LogP) is 5.62. The van der Waals surface area contributed by atoms with Gasteiger partial charge in [-0.1, -0.05) is 30.3 Å². The lowest BCUT2D eigenvalue weighted by Gasteiger charge is -2.18. The molecule has 7 rings (SSSR count). The Kier molecular flexibility index (Phi) is 9.54. The summed E-state index contributed by atoms with van der Waals surface area (Å²) in [6, 6.07) is 19.0. The highest BCUT2D eigenvalue weighted by Gasteiger charge is 2.20. The van der Waals surface area contributed by atoms with E-state index < -0.39 is 6.10 Å². The number of hydrogen-bond donors (Lipinski definition) is 4. The third-order valence-electron chi connectivity index (χ3n) is 9.37. The molecule has 1 aliphatic heterocycles. The molecule has 0 radical (unpaired) electrons. The Morgan fingerprint density at radius 3 is 2.51 bits per heavy atom. The molecule has 0 amide bonds. The van der Waals surface area contributed by atoms with Crippen LogP contribution in [0.2, 0.25) is 0 Å². The van der Waals surface area contributed by atoms with Gasteiger partial charge in [0.05, 0.1) is 23.4 Å². The lowest BCUT2D eigenvalue weighted by atomic mass is 9.91. The highest BCUT2D eigenvalue weighted by atomic mass is 16.3. The predicted molar refractivity (Wildman–Crippen MR) is 194 cm³/mol. The summed E-state index contributed by atoms with van der Waals surface area (Å²) in [6.07, 6.45) is 8.03. The average molecular weight is 655 g/mol. The minimum absolute atomic E-state index is 0.236. The molecule has 1 fully saturated rings. The van der Waals surface area contributed by atoms with Crippen LogP contribution in [0.3, 0.4) is 0 Å². The van der Waals surface area contributed by atoms with Gasteiger partial charge in [-0.25, -0.2) is 15.0 Å². The van der Waals surface area contributed by atoms with Crippen molar-refractivity contribution in [2.75, 3.05) is 25.0 Å². The number of likely N-dealkylation sites (tertiary alicyclic amines) is 1. The van der Waals surface area contributed by atoms with Gasteiger partial charge in [0.2, 0.25) is 0 Å². The van der Waals surface area contributed by atoms with E-state index in [4.69, 9.17) is 9.97 Å². The molecule has 49 heavy (non-hydrogen) atoms. The van der Waals surface area contributed by atoms with Gasteiger partial charge < -0.3 is 20.8 Å². The van der Waals surface area contributed by atoms with Crippen molar-refractivity contribution in [2.45, 2.75) is 58.9 Å². The van der Waals surface area contributed by atoms with Gasteiger partial charge in [0.1, 0.15) is 17.4 Å². The Bertz CT molecular complexity index is 2120. The second-order valence-corrected chi connectivity index (χ2v) is 13.1. The first-order chi connectivity index (χ1) is 23.8. The Morgan fingerprint density at radius 1 is 0.898 bits per heavy atom. The average Bonchev–Trinajstić information content (AvgIpc) is 3.50. The van der Waals surface area contributed by atoms with Gasteiger partial charge in [0.25, 0.3) is 0 Å². The maximum Gasteiger partial charge on any atom is 0.156 e. The number of rotatable bonds is 11. The number of nitrogens with zero attached hydrogens (tertiary/aromatic N) is 6. The van der Waals surface area contributed by atoms with Crippen LogP contribution in [-0.4, -0.2) is 71.9 Å². The van der Waals surface area contributed by atoms with E-state index in [1.54, 1.807) is 13.3 Å². The molecule has 0 unspecified atom stereocenters. The van der Waals surface area contributed by atoms with Crippen molar-refractivity contribution >= 4 is 33.4 Å². The molecule has 1 saturated heterocycles. The first-order valence-electron chi connectivity index (χ1n) is 16.9. The summed E-state index contributed by atoms with van der Waals surface area (Å²) < 4.78 is 0. The van der Waals surface area contributed by atoms with E-state index >= 15 is 0 Å². The zero-order chi connectivity index (χ0) is 33.9. The van der Waals surface area contributed by atoms with Crippen molar-refractivity contribution in [1.29, 1.82) is 0 Å². The van der Waals surface area contributed by atoms with Crippen LogP contribution in [0.1, 0.15) is 46.9 Å². The second-order valence-electron chi connectivity index (χ2n) is 13.1. The molecule has 1 aliphatic rings. The number of hydrogen-bond acceptors (Lipinski definition) is 10. The molecule has 0 bridgehead atoms. The highest BCUT2D eigenvalue weighted by molar-refractivity contribution is 5.91. The Balaban J connectivity index is 1.12. The Hall–Kier alpha value is -4.87. The van der Waals surface area contributed by atoms with Crippen LogP contribution in [0, 0.1) is 13.8 Å². The summed E-state index contributed by atoms with van der Waals surface area (Å²) in [5.41, 5.74) is 12.2. The van der Waals surface area contributed by atoms with Crippen LogP contribution >= 0.6 is 0 Å². The summed E-state index contributed by atoms with van der Waals surface area (Å²) in [4.78, 5) is 25.6. The molecular weight excluding hydrogens is 612 g/mol. The second kappa shape index (κ2) is 14.3. The number of fused-ring (bicyclic) bond motifs is 2. The molecule has 5 heterocycles. The smallest absolute Gasteiger partial charge is 0.156 e. The number of β-amino-alcohol motifs (C(OH)–C–C–N with tert-alkyl or cyclic N) is 1. The van der Waals surface area contributed by atoms with Gasteiger partial charge in [-0.05, 0) is 90.4 Å². The molecule has 0 spiro atoms. The highest BCUT2D eigenvalue weighted by Crippen LogP contribution is 2.35. The minimum atomic E-state index is -0.404. The normalized spacial score (nSPS) is 15.7. The first kappa shape index (κ1) is 32.7. The number of nitrogens with one attached hydrogen (secondary N) is 2. The lowest BCUT2D eigenvalue weighted by Crippen LogP contribution is -2.23. The molecule has 4 aromatic heterocycles. The zero-order valence-corrected chi connectivity index (χ0v) is 28.2. The largest absolute Gasteiger partial charge is 0.392 e. The number of aliphatic hydroxyl groups is 2. The van der Waals surface area contributed by atoms with E-state index in [1.165, 1.54) is 11.1 Å². The van der Waals surface area contributed by atoms with Crippen LogP contribution in [0.5, 0.6) is 0 Å². The van der Waals surface area contributed by atoms with Crippen molar-refractivity contribution < 1.29 is 10.2 Å². The van der Waals surface area contributed by atoms with Crippen LogP contribution in [0.4, 0.5) is 11.5 Å². The SMILES string of the molecule is Cc1c(Cc2ncnc3cc(CNC[C@@H](C)O)cnc23)cccc1-c1cccc(Nc2nccc3cc(CN4CC[C@@H](O)C4)cnc23)c1C. The summed E-state index contributed by atoms with van der Waals surface area (Å²) in [5.74, 6) is 0.719. The molecule has 0 aliphatic carbocycles. The topological polar surface area (TPSA) is 132 Å². The number of anilines is 2. The molecule has 10 nitrogen and oxygen atoms in total. The first-order valence-corrected chi connectivity index (χ1v) is 16.9. The third-order valence-corrected chi connectivity index (χ3v) is 9.37. The van der Waals surface area contributed by atoms with E-state index in [1.807, 2.05) is 30.7 Å². The molecule has 6 aromatic rings. The zero-order valence-electron chi connectivity index (χ0n) is 28.2. The summed E-state index contributed by atoms with van der Waals surface area (Å²) >= 11 is 0. The molecule has 0 saturated carbocycles. The Labute approximate surface area is 286 Å². The standard InChI is InChI=1S/C39H42N8O2/c1-24(48)17-40-18-27-15-35-38(43-19-27)36(45-23-44-35)16-29-6-4-7-32(25(29)2)33-8-5-9-34(26(33)3)46-39-37-30(10-12-41-39)14-28(20-42-37)21-47-13-11-31(49)22-47/h4-10,12,14-15,19-20,23-24,31,40,48-49H,11,13,16-18,21-22H2,1-3H3,(H,41,46)/t24-,31-/m1/s1. The van der Waals surface area contributed by atoms with Crippen molar-refractivity contribution in [3.63, 3.8) is 0 Å². The van der Waals surface area contributed by atoms with Gasteiger partial charge in [0.15, 0.2) is 5.82 Å². The lowest BCUT2D eigenvalue weighted by molar-refractivity contribution is 0.175. The van der Waals surface area contributed by atoms with Crippen molar-refractivity contribution in [2.24, 2.45) is 0 Å². The van der Waals surface area contributed by atoms with Crippen molar-refractivity contribution in [3.8, 4) is 11.1 Å². The fourth-order valence-electron chi connectivity index (χ4n) is 6.72. The summed E-state index contributed by atoms with van der Waals surface area (Å²) in [7, 11) is 0. The van der Waals surface area contributed by atoms with Crippen LogP contribution in [0.15, 0.2) is 79.5 Å². The van der Waals surface area contributed by atoms with Crippen molar-refractivity contribution in [3.05, 3.63) is 113 Å². The fourth-order valence-corrected chi connectivity index (χ4v) is 6.72. The van der Waals surface area contributed by atoms with Gasteiger partial charge in [0, 0.05) is 68.8 Å². The van der Waals surface area contributed by atoms with E-state index in [2.05, 4.69) is 86.8 Å². The van der Waals surface area contributed by atoms with E-state index in [0.717, 1.165) is 86.5 Å². The molecule has 2 aromatic carbocycles. The Morgan fingerprint density at radius 2 is 1.69 bits per heavy atom. The number of aliphatic hydroxyl groups excluding tert-OH is 2. The maximum absolute atomic E-state index is 9.92. The molecule has 10 heteroatoms. The van der Waals surface area contributed by atoms with Gasteiger partial charge >= 0.3 is 0 Å². The summed E-state index contributed by atoms with van der Waals surface area (Å²) in [5, 5.41) is 27.3. The molecule has 2 atom stereocenters. The number of pyridine rings is 3. The van der Waals surface area contributed by atoms with E-state index in [-0.39, 0.29) is 6.10 Å². The monoisotopic (exact) mass is 654 g/mol. The third kappa shape index (κ3) is 7.28. The van der Waals surface area contributed by atoms with Gasteiger partial charge in [-0.3, -0.25) is 14.9 Å². The number of aromatic nitrogens is 5.